The highest BCUT2D eigenvalue weighted by atomic mass is 32.2. The maximum Gasteiger partial charge on any atom is 0.254 e. The zero-order valence-electron chi connectivity index (χ0n) is 13.9. The van der Waals surface area contributed by atoms with Crippen LogP contribution >= 0.6 is 0 Å². The molecule has 2 aromatic rings. The van der Waals surface area contributed by atoms with Gasteiger partial charge in [-0.2, -0.15) is 5.10 Å². The van der Waals surface area contributed by atoms with Crippen LogP contribution in [0.1, 0.15) is 27.7 Å². The van der Waals surface area contributed by atoms with E-state index in [1.807, 2.05) is 0 Å². The van der Waals surface area contributed by atoms with E-state index in [1.54, 1.807) is 28.8 Å². The van der Waals surface area contributed by atoms with Crippen LogP contribution in [0.25, 0.3) is 0 Å². The number of aromatic nitrogens is 2. The zero-order chi connectivity index (χ0) is 18.2. The highest BCUT2D eigenvalue weighted by Gasteiger charge is 2.30. The average molecular weight is 366 g/mol. The summed E-state index contributed by atoms with van der Waals surface area (Å²) in [6.45, 7) is 2.50. The minimum Gasteiger partial charge on any atom is -0.331 e. The summed E-state index contributed by atoms with van der Waals surface area (Å²) in [7, 11) is -3.35. The van der Waals surface area contributed by atoms with Crippen molar-refractivity contribution >= 4 is 15.9 Å². The minimum absolute atomic E-state index is 0.139. The predicted molar refractivity (Wildman–Crippen MR) is 90.0 cm³/mol. The van der Waals surface area contributed by atoms with Crippen LogP contribution in [0.3, 0.4) is 0 Å². The summed E-state index contributed by atoms with van der Waals surface area (Å²) in [6, 6.07) is 5.55. The van der Waals surface area contributed by atoms with Gasteiger partial charge in [0.05, 0.1) is 24.5 Å². The van der Waals surface area contributed by atoms with Crippen molar-refractivity contribution < 1.29 is 17.6 Å². The van der Waals surface area contributed by atoms with Gasteiger partial charge >= 0.3 is 0 Å². The van der Waals surface area contributed by atoms with Crippen molar-refractivity contribution in [2.45, 2.75) is 19.5 Å². The number of halogens is 1. The van der Waals surface area contributed by atoms with Gasteiger partial charge in [0.15, 0.2) is 0 Å². The number of nitrogens with one attached hydrogen (secondary N) is 1. The van der Waals surface area contributed by atoms with Gasteiger partial charge in [0, 0.05) is 24.8 Å². The molecule has 0 aliphatic carbocycles. The summed E-state index contributed by atoms with van der Waals surface area (Å²) in [6.07, 6.45) is 2.71. The summed E-state index contributed by atoms with van der Waals surface area (Å²) in [5.74, 6) is -0.602. The number of amides is 1. The number of hydrogen-bond acceptors (Lipinski definition) is 4. The number of benzene rings is 1. The number of nitrogens with zero attached hydrogens (tertiary/aromatic N) is 3. The number of fused-ring (bicyclic) bond motifs is 1. The monoisotopic (exact) mass is 366 g/mol. The second kappa shape index (κ2) is 6.57. The quantitative estimate of drug-likeness (QED) is 0.877. The van der Waals surface area contributed by atoms with Crippen LogP contribution in [0.2, 0.25) is 0 Å². The Morgan fingerprint density at radius 1 is 1.40 bits per heavy atom. The van der Waals surface area contributed by atoms with Gasteiger partial charge in [0.25, 0.3) is 5.91 Å². The molecular formula is C16H19FN4O3S. The fourth-order valence-electron chi connectivity index (χ4n) is 2.98. The first-order chi connectivity index (χ1) is 11.7. The molecule has 0 bridgehead atoms. The molecule has 0 spiro atoms. The lowest BCUT2D eigenvalue weighted by Crippen LogP contribution is -2.45. The Morgan fingerprint density at radius 2 is 2.16 bits per heavy atom. The van der Waals surface area contributed by atoms with Crippen molar-refractivity contribution in [3.05, 3.63) is 53.1 Å². The van der Waals surface area contributed by atoms with E-state index in [9.17, 15) is 17.6 Å². The second-order valence-electron chi connectivity index (χ2n) is 6.19. The molecule has 1 aliphatic rings. The molecule has 0 radical (unpaired) electrons. The van der Waals surface area contributed by atoms with E-state index in [-0.39, 0.29) is 24.3 Å². The van der Waals surface area contributed by atoms with Crippen molar-refractivity contribution in [1.82, 2.24) is 19.4 Å². The third-order valence-electron chi connectivity index (χ3n) is 4.17. The summed E-state index contributed by atoms with van der Waals surface area (Å²) in [4.78, 5) is 14.5. The summed E-state index contributed by atoms with van der Waals surface area (Å²) < 4.78 is 40.2. The first-order valence-corrected chi connectivity index (χ1v) is 9.66. The zero-order valence-corrected chi connectivity index (χ0v) is 14.8. The normalized spacial score (nSPS) is 17.4. The number of rotatable bonds is 4. The fourth-order valence-corrected chi connectivity index (χ4v) is 3.47. The Kier molecular flexibility index (Phi) is 4.61. The van der Waals surface area contributed by atoms with Gasteiger partial charge in [-0.1, -0.05) is 0 Å². The van der Waals surface area contributed by atoms with Crippen LogP contribution in [-0.2, 0) is 16.6 Å². The molecular weight excluding hydrogens is 347 g/mol. The molecule has 0 fully saturated rings. The standard InChI is InChI=1S/C16H19FN4O3S/c1-11-7-12(17)3-4-15(11)16(22)20-9-13-5-6-18-21(13)14(10-20)8-19-25(2,23)24/h3-7,14,19H,8-10H2,1-2H3/t14-/m1/s1. The molecule has 3 rings (SSSR count). The van der Waals surface area contributed by atoms with E-state index in [4.69, 9.17) is 0 Å². The van der Waals surface area contributed by atoms with Crippen LogP contribution in [-0.4, -0.2) is 48.4 Å². The lowest BCUT2D eigenvalue weighted by Gasteiger charge is -2.34. The van der Waals surface area contributed by atoms with E-state index in [0.29, 0.717) is 24.2 Å². The van der Waals surface area contributed by atoms with Crippen LogP contribution in [0.5, 0.6) is 0 Å². The van der Waals surface area contributed by atoms with Gasteiger partial charge in [-0.05, 0) is 36.8 Å². The molecule has 2 heterocycles. The van der Waals surface area contributed by atoms with Gasteiger partial charge in [-0.25, -0.2) is 17.5 Å². The van der Waals surface area contributed by atoms with Crippen molar-refractivity contribution in [2.75, 3.05) is 19.3 Å². The van der Waals surface area contributed by atoms with Crippen LogP contribution < -0.4 is 4.72 Å². The Labute approximate surface area is 145 Å². The molecule has 134 valence electrons. The van der Waals surface area contributed by atoms with Gasteiger partial charge < -0.3 is 4.90 Å². The van der Waals surface area contributed by atoms with Crippen molar-refractivity contribution in [2.24, 2.45) is 0 Å². The topological polar surface area (TPSA) is 84.3 Å². The van der Waals surface area contributed by atoms with E-state index in [1.165, 1.54) is 18.2 Å². The van der Waals surface area contributed by atoms with E-state index in [0.717, 1.165) is 11.9 Å². The summed E-state index contributed by atoms with van der Waals surface area (Å²) in [5.41, 5.74) is 1.82. The largest absolute Gasteiger partial charge is 0.331 e. The molecule has 1 atom stereocenters. The third-order valence-corrected chi connectivity index (χ3v) is 4.86. The molecule has 7 nitrogen and oxygen atoms in total. The van der Waals surface area contributed by atoms with Gasteiger partial charge in [-0.15, -0.1) is 0 Å². The highest BCUT2D eigenvalue weighted by molar-refractivity contribution is 7.88. The van der Waals surface area contributed by atoms with Crippen LogP contribution in [0.4, 0.5) is 4.39 Å². The molecule has 1 aliphatic heterocycles. The number of carbonyl (C=O) groups excluding carboxylic acids is 1. The molecule has 0 saturated heterocycles. The molecule has 25 heavy (non-hydrogen) atoms. The maximum absolute atomic E-state index is 13.3. The smallest absolute Gasteiger partial charge is 0.254 e. The van der Waals surface area contributed by atoms with Crippen LogP contribution in [0, 0.1) is 12.7 Å². The highest BCUT2D eigenvalue weighted by Crippen LogP contribution is 2.23. The first-order valence-electron chi connectivity index (χ1n) is 7.77. The van der Waals surface area contributed by atoms with Crippen molar-refractivity contribution in [3.8, 4) is 0 Å². The Bertz CT molecular complexity index is 910. The van der Waals surface area contributed by atoms with Gasteiger partial charge in [0.1, 0.15) is 5.82 Å². The second-order valence-corrected chi connectivity index (χ2v) is 8.02. The fraction of sp³-hybridized carbons (Fsp3) is 0.375. The van der Waals surface area contributed by atoms with Crippen molar-refractivity contribution in [3.63, 3.8) is 0 Å². The van der Waals surface area contributed by atoms with Gasteiger partial charge in [0.2, 0.25) is 10.0 Å². The molecule has 9 heteroatoms. The SMILES string of the molecule is Cc1cc(F)ccc1C(=O)N1Cc2ccnn2[C@H](CNS(C)(=O)=O)C1. The van der Waals surface area contributed by atoms with Crippen molar-refractivity contribution in [1.29, 1.82) is 0 Å². The van der Waals surface area contributed by atoms with Crippen LogP contribution in [0.15, 0.2) is 30.5 Å². The molecule has 0 unspecified atom stereocenters. The molecule has 1 N–H and O–H groups in total. The predicted octanol–water partition coefficient (Wildman–Crippen LogP) is 1.08. The van der Waals surface area contributed by atoms with Gasteiger partial charge in [-0.3, -0.25) is 9.48 Å². The number of hydrogen-bond donors (Lipinski definition) is 1. The van der Waals surface area contributed by atoms with E-state index < -0.39 is 10.0 Å². The minimum atomic E-state index is -3.35. The maximum atomic E-state index is 13.3. The van der Waals surface area contributed by atoms with E-state index >= 15 is 0 Å². The van der Waals surface area contributed by atoms with E-state index in [2.05, 4.69) is 9.82 Å². The number of sulfonamides is 1. The molecule has 1 aromatic heterocycles. The Morgan fingerprint density at radius 3 is 2.84 bits per heavy atom. The Hall–Kier alpha value is -2.26. The summed E-state index contributed by atoms with van der Waals surface area (Å²) >= 11 is 0. The average Bonchev–Trinajstić information content (AvgIpc) is 2.99. The molecule has 0 saturated carbocycles. The number of carbonyl (C=O) groups is 1. The summed E-state index contributed by atoms with van der Waals surface area (Å²) in [5, 5.41) is 4.23. The lowest BCUT2D eigenvalue weighted by atomic mass is 10.1. The third kappa shape index (κ3) is 3.88. The molecule has 1 aromatic carbocycles. The number of aryl methyl sites for hydroxylation is 1. The first kappa shape index (κ1) is 17.6. The Balaban J connectivity index is 1.85. The lowest BCUT2D eigenvalue weighted by molar-refractivity contribution is 0.0670. The molecule has 1 amide bonds.